The number of aliphatic imine (C=N–C) groups is 1. The van der Waals surface area contributed by atoms with E-state index in [-0.39, 0.29) is 29.4 Å². The summed E-state index contributed by atoms with van der Waals surface area (Å²) in [7, 11) is 1.80. The van der Waals surface area contributed by atoms with Crippen molar-refractivity contribution in [1.82, 2.24) is 20.5 Å². The molecule has 1 saturated heterocycles. The second kappa shape index (κ2) is 10.4. The normalized spacial score (nSPS) is 18.9. The predicted molar refractivity (Wildman–Crippen MR) is 114 cm³/mol. The lowest BCUT2D eigenvalue weighted by atomic mass is 9.94. The summed E-state index contributed by atoms with van der Waals surface area (Å²) in [4.78, 5) is 11.2. The highest BCUT2D eigenvalue weighted by molar-refractivity contribution is 14.0. The van der Waals surface area contributed by atoms with Gasteiger partial charge < -0.3 is 20.0 Å². The molecule has 2 heterocycles. The molecule has 1 aliphatic rings. The minimum absolute atomic E-state index is 0. The number of hydrogen-bond acceptors (Lipinski definition) is 4. The predicted octanol–water partition coefficient (Wildman–Crippen LogP) is 2.99. The van der Waals surface area contributed by atoms with Crippen LogP contribution in [0.5, 0.6) is 0 Å². The fourth-order valence-electron chi connectivity index (χ4n) is 2.96. The van der Waals surface area contributed by atoms with Crippen LogP contribution in [0.4, 0.5) is 0 Å². The fourth-order valence-corrected chi connectivity index (χ4v) is 2.96. The van der Waals surface area contributed by atoms with Gasteiger partial charge in [-0.2, -0.15) is 0 Å². The van der Waals surface area contributed by atoms with Gasteiger partial charge in [0.15, 0.2) is 5.96 Å². The quantitative estimate of drug-likeness (QED) is 0.386. The number of rotatable bonds is 6. The lowest BCUT2D eigenvalue weighted by molar-refractivity contribution is 0.324. The third-order valence-electron chi connectivity index (χ3n) is 4.39. The molecule has 0 bridgehead atoms. The van der Waals surface area contributed by atoms with E-state index in [0.29, 0.717) is 18.4 Å². The van der Waals surface area contributed by atoms with Gasteiger partial charge in [0.25, 0.3) is 0 Å². The first kappa shape index (κ1) is 22.2. The van der Waals surface area contributed by atoms with E-state index in [1.807, 2.05) is 6.20 Å². The summed E-state index contributed by atoms with van der Waals surface area (Å²) in [6, 6.07) is 0. The van der Waals surface area contributed by atoms with E-state index >= 15 is 0 Å². The molecule has 2 rings (SSSR count). The zero-order chi connectivity index (χ0) is 17.6. The number of nitrogens with one attached hydrogen (secondary N) is 2. The summed E-state index contributed by atoms with van der Waals surface area (Å²) in [6.45, 7) is 13.7. The van der Waals surface area contributed by atoms with Crippen molar-refractivity contribution in [3.8, 4) is 0 Å². The zero-order valence-corrected chi connectivity index (χ0v) is 18.6. The third kappa shape index (κ3) is 7.13. The van der Waals surface area contributed by atoms with Gasteiger partial charge in [0, 0.05) is 25.6 Å². The van der Waals surface area contributed by atoms with Crippen molar-refractivity contribution in [1.29, 1.82) is 0 Å². The van der Waals surface area contributed by atoms with E-state index < -0.39 is 0 Å². The molecule has 1 atom stereocenters. The Kier molecular flexibility index (Phi) is 9.20. The first-order valence-corrected chi connectivity index (χ1v) is 9.04. The molecule has 6 nitrogen and oxygen atoms in total. The van der Waals surface area contributed by atoms with Crippen LogP contribution in [-0.2, 0) is 12.0 Å². The number of oxazole rings is 1. The van der Waals surface area contributed by atoms with Crippen LogP contribution < -0.4 is 10.6 Å². The fraction of sp³-hybridized carbons (Fsp3) is 0.778. The van der Waals surface area contributed by atoms with E-state index in [1.165, 1.54) is 32.5 Å². The Hall–Kier alpha value is -0.830. The summed E-state index contributed by atoms with van der Waals surface area (Å²) >= 11 is 0. The van der Waals surface area contributed by atoms with E-state index in [4.69, 9.17) is 4.42 Å². The number of likely N-dealkylation sites (tertiary alicyclic amines) is 1. The molecule has 0 amide bonds. The highest BCUT2D eigenvalue weighted by Crippen LogP contribution is 2.22. The maximum absolute atomic E-state index is 5.80. The minimum atomic E-state index is -0.0159. The summed E-state index contributed by atoms with van der Waals surface area (Å²) in [5.41, 5.74) is -0.0159. The van der Waals surface area contributed by atoms with Crippen LogP contribution in [0.1, 0.15) is 52.2 Å². The molecule has 0 saturated carbocycles. The van der Waals surface area contributed by atoms with Crippen LogP contribution in [0.2, 0.25) is 0 Å². The number of nitrogens with zero attached hydrogens (tertiary/aromatic N) is 3. The number of halogens is 1. The molecule has 1 aromatic rings. The Labute approximate surface area is 169 Å². The maximum atomic E-state index is 5.80. The van der Waals surface area contributed by atoms with Gasteiger partial charge in [0.2, 0.25) is 5.89 Å². The monoisotopic (exact) mass is 463 g/mol. The van der Waals surface area contributed by atoms with Gasteiger partial charge >= 0.3 is 0 Å². The molecule has 1 fully saturated rings. The first-order valence-electron chi connectivity index (χ1n) is 9.04. The highest BCUT2D eigenvalue weighted by Gasteiger charge is 2.22. The Morgan fingerprint density at radius 1 is 1.40 bits per heavy atom. The Morgan fingerprint density at radius 3 is 2.76 bits per heavy atom. The Balaban J connectivity index is 0.00000312. The van der Waals surface area contributed by atoms with Crippen molar-refractivity contribution in [3.05, 3.63) is 17.8 Å². The van der Waals surface area contributed by atoms with Gasteiger partial charge in [-0.25, -0.2) is 4.98 Å². The van der Waals surface area contributed by atoms with Crippen LogP contribution in [0.25, 0.3) is 0 Å². The first-order chi connectivity index (χ1) is 11.4. The molecular formula is C18H34IN5O. The second-order valence-corrected chi connectivity index (χ2v) is 7.63. The van der Waals surface area contributed by atoms with Crippen LogP contribution in [-0.4, -0.2) is 49.1 Å². The lowest BCUT2D eigenvalue weighted by Crippen LogP contribution is -2.40. The summed E-state index contributed by atoms with van der Waals surface area (Å²) in [5.74, 6) is 3.10. The van der Waals surface area contributed by atoms with Crippen LogP contribution in [0.15, 0.2) is 15.6 Å². The number of guanidine groups is 1. The van der Waals surface area contributed by atoms with Crippen LogP contribution >= 0.6 is 24.0 Å². The number of aromatic nitrogens is 1. The zero-order valence-electron chi connectivity index (χ0n) is 16.3. The highest BCUT2D eigenvalue weighted by atomic mass is 127. The van der Waals surface area contributed by atoms with E-state index in [2.05, 4.69) is 53.2 Å². The second-order valence-electron chi connectivity index (χ2n) is 7.63. The average molecular weight is 463 g/mol. The molecule has 2 N–H and O–H groups in total. The molecule has 0 aliphatic carbocycles. The molecule has 1 aliphatic heterocycles. The van der Waals surface area contributed by atoms with Gasteiger partial charge in [-0.1, -0.05) is 27.7 Å². The molecule has 144 valence electrons. The van der Waals surface area contributed by atoms with Crippen molar-refractivity contribution in [3.63, 3.8) is 0 Å². The summed E-state index contributed by atoms with van der Waals surface area (Å²) in [6.07, 6.45) is 4.31. The largest absolute Gasteiger partial charge is 0.443 e. The van der Waals surface area contributed by atoms with E-state index in [1.54, 1.807) is 7.05 Å². The van der Waals surface area contributed by atoms with Gasteiger partial charge in [0.05, 0.1) is 12.7 Å². The van der Waals surface area contributed by atoms with Crippen molar-refractivity contribution in [2.24, 2.45) is 10.9 Å². The molecule has 1 aromatic heterocycles. The lowest BCUT2D eigenvalue weighted by Gasteiger charge is -2.16. The van der Waals surface area contributed by atoms with E-state index in [0.717, 1.165) is 18.3 Å². The maximum Gasteiger partial charge on any atom is 0.213 e. The summed E-state index contributed by atoms with van der Waals surface area (Å²) < 4.78 is 5.80. The Bertz CT molecular complexity index is 538. The topological polar surface area (TPSA) is 65.7 Å². The minimum Gasteiger partial charge on any atom is -0.443 e. The molecule has 1 unspecified atom stereocenters. The van der Waals surface area contributed by atoms with Crippen molar-refractivity contribution >= 4 is 29.9 Å². The molecule has 0 radical (unpaired) electrons. The standard InChI is InChI=1S/C18H33N5O.HI/c1-6-8-23-9-7-14(13-23)10-21-17(19-5)22-12-16-20-11-15(24-16)18(2,3)4;/h11,14H,6-10,12-13H2,1-5H3,(H2,19,21,22);1H. The number of hydrogen-bond donors (Lipinski definition) is 2. The van der Waals surface area contributed by atoms with Crippen molar-refractivity contribution in [2.45, 2.75) is 52.5 Å². The smallest absolute Gasteiger partial charge is 0.213 e. The molecular weight excluding hydrogens is 429 g/mol. The third-order valence-corrected chi connectivity index (χ3v) is 4.39. The molecule has 0 aromatic carbocycles. The molecule has 7 heteroatoms. The van der Waals surface area contributed by atoms with E-state index in [9.17, 15) is 0 Å². The summed E-state index contributed by atoms with van der Waals surface area (Å²) in [5, 5.41) is 6.70. The molecule has 25 heavy (non-hydrogen) atoms. The van der Waals surface area contributed by atoms with Crippen LogP contribution in [0.3, 0.4) is 0 Å². The van der Waals surface area contributed by atoms with Crippen molar-refractivity contribution < 1.29 is 4.42 Å². The van der Waals surface area contributed by atoms with Gasteiger partial charge in [0.1, 0.15) is 5.76 Å². The average Bonchev–Trinajstić information content (AvgIpc) is 3.17. The molecule has 0 spiro atoms. The van der Waals surface area contributed by atoms with Gasteiger partial charge in [-0.05, 0) is 31.8 Å². The van der Waals surface area contributed by atoms with Crippen molar-refractivity contribution in [2.75, 3.05) is 33.2 Å². The van der Waals surface area contributed by atoms with Crippen LogP contribution in [0, 0.1) is 5.92 Å². The van der Waals surface area contributed by atoms with Gasteiger partial charge in [-0.15, -0.1) is 24.0 Å². The van der Waals surface area contributed by atoms with Gasteiger partial charge in [-0.3, -0.25) is 4.99 Å². The Morgan fingerprint density at radius 2 is 2.16 bits per heavy atom. The SMILES string of the molecule is CCCN1CCC(CNC(=NC)NCc2ncc(C(C)(C)C)o2)C1.I.